The lowest BCUT2D eigenvalue weighted by atomic mass is 10.0. The first-order valence-corrected chi connectivity index (χ1v) is 7.56. The molecule has 1 aliphatic rings. The summed E-state index contributed by atoms with van der Waals surface area (Å²) >= 11 is 2.04. The third-order valence-electron chi connectivity index (χ3n) is 3.36. The van der Waals surface area contributed by atoms with Gasteiger partial charge in [0, 0.05) is 12.2 Å². The largest absolute Gasteiger partial charge is 0.384 e. The van der Waals surface area contributed by atoms with Crippen molar-refractivity contribution < 1.29 is 0 Å². The first kappa shape index (κ1) is 13.2. The predicted octanol–water partition coefficient (Wildman–Crippen LogP) is 3.13. The maximum absolute atomic E-state index is 9.19. The minimum atomic E-state index is 0.686. The van der Waals surface area contributed by atoms with Crippen LogP contribution in [0.15, 0.2) is 6.07 Å². The normalized spacial score (nSPS) is 16.3. The van der Waals surface area contributed by atoms with E-state index in [2.05, 4.69) is 16.4 Å². The van der Waals surface area contributed by atoms with E-state index in [4.69, 9.17) is 0 Å². The minimum absolute atomic E-state index is 0.686. The molecule has 1 aliphatic heterocycles. The molecule has 0 aromatic carbocycles. The summed E-state index contributed by atoms with van der Waals surface area (Å²) in [5.41, 5.74) is 3.42. The van der Waals surface area contributed by atoms with Gasteiger partial charge in [-0.1, -0.05) is 0 Å². The Bertz CT molecular complexity index is 459. The Morgan fingerprint density at radius 3 is 2.83 bits per heavy atom. The van der Waals surface area contributed by atoms with Crippen molar-refractivity contribution >= 4 is 17.4 Å². The molecule has 0 spiro atoms. The second kappa shape index (κ2) is 6.10. The monoisotopic (exact) mass is 261 g/mol. The summed E-state index contributed by atoms with van der Waals surface area (Å²) in [6.45, 7) is 4.84. The Balaban J connectivity index is 2.06. The zero-order valence-electron chi connectivity index (χ0n) is 11.0. The molecular weight excluding hydrogens is 242 g/mol. The fourth-order valence-electron chi connectivity index (χ4n) is 2.31. The molecule has 0 atom stereocenters. The highest BCUT2D eigenvalue weighted by atomic mass is 32.2. The number of hydrogen-bond acceptors (Lipinski definition) is 4. The molecule has 0 saturated carbocycles. The number of anilines is 1. The van der Waals surface area contributed by atoms with Gasteiger partial charge in [-0.05, 0) is 50.2 Å². The van der Waals surface area contributed by atoms with Gasteiger partial charge in [-0.3, -0.25) is 4.98 Å². The highest BCUT2D eigenvalue weighted by Gasteiger charge is 2.14. The summed E-state index contributed by atoms with van der Waals surface area (Å²) in [5.74, 6) is 3.28. The Hall–Kier alpha value is -1.21. The highest BCUT2D eigenvalue weighted by molar-refractivity contribution is 7.99. The van der Waals surface area contributed by atoms with Crippen LogP contribution >= 0.6 is 11.8 Å². The smallest absolute Gasteiger partial charge is 0.103 e. The number of hydrogen-bond donors (Lipinski definition) is 1. The van der Waals surface area contributed by atoms with Crippen molar-refractivity contribution in [1.29, 1.82) is 5.26 Å². The molecule has 1 fully saturated rings. The van der Waals surface area contributed by atoms with E-state index in [1.807, 2.05) is 31.7 Å². The highest BCUT2D eigenvalue weighted by Crippen LogP contribution is 2.24. The van der Waals surface area contributed by atoms with Crippen molar-refractivity contribution in [2.45, 2.75) is 26.7 Å². The lowest BCUT2D eigenvalue weighted by molar-refractivity contribution is 0.516. The molecule has 0 bridgehead atoms. The molecule has 0 unspecified atom stereocenters. The summed E-state index contributed by atoms with van der Waals surface area (Å²) in [4.78, 5) is 4.33. The van der Waals surface area contributed by atoms with Crippen molar-refractivity contribution in [2.24, 2.45) is 5.92 Å². The Morgan fingerprint density at radius 1 is 1.44 bits per heavy atom. The maximum Gasteiger partial charge on any atom is 0.103 e. The van der Waals surface area contributed by atoms with Gasteiger partial charge in [0.05, 0.1) is 16.9 Å². The lowest BCUT2D eigenvalue weighted by Gasteiger charge is -2.22. The van der Waals surface area contributed by atoms with Crippen LogP contribution in [0, 0.1) is 31.1 Å². The van der Waals surface area contributed by atoms with Crippen LogP contribution in [0.2, 0.25) is 0 Å². The second-order valence-corrected chi connectivity index (χ2v) is 6.04. The summed E-state index contributed by atoms with van der Waals surface area (Å²) < 4.78 is 0. The number of nitriles is 1. The van der Waals surface area contributed by atoms with E-state index in [1.165, 1.54) is 24.3 Å². The molecule has 2 rings (SSSR count). The van der Waals surface area contributed by atoms with E-state index in [0.717, 1.165) is 29.5 Å². The van der Waals surface area contributed by atoms with Gasteiger partial charge >= 0.3 is 0 Å². The summed E-state index contributed by atoms with van der Waals surface area (Å²) in [6, 6.07) is 4.23. The number of aryl methyl sites for hydroxylation is 2. The Labute approximate surface area is 113 Å². The van der Waals surface area contributed by atoms with Crippen molar-refractivity contribution in [3.05, 3.63) is 23.0 Å². The van der Waals surface area contributed by atoms with E-state index in [9.17, 15) is 5.26 Å². The van der Waals surface area contributed by atoms with Crippen molar-refractivity contribution in [1.82, 2.24) is 4.98 Å². The van der Waals surface area contributed by atoms with Gasteiger partial charge in [-0.15, -0.1) is 0 Å². The molecule has 3 nitrogen and oxygen atoms in total. The average molecular weight is 261 g/mol. The summed E-state index contributed by atoms with van der Waals surface area (Å²) in [7, 11) is 0. The lowest BCUT2D eigenvalue weighted by Crippen LogP contribution is -2.19. The van der Waals surface area contributed by atoms with Gasteiger partial charge < -0.3 is 5.32 Å². The average Bonchev–Trinajstić information content (AvgIpc) is 2.37. The molecule has 18 heavy (non-hydrogen) atoms. The molecule has 0 amide bonds. The number of pyridine rings is 1. The molecule has 4 heteroatoms. The first-order chi connectivity index (χ1) is 8.70. The maximum atomic E-state index is 9.19. The van der Waals surface area contributed by atoms with Gasteiger partial charge in [0.2, 0.25) is 0 Å². The van der Waals surface area contributed by atoms with E-state index >= 15 is 0 Å². The van der Waals surface area contributed by atoms with Crippen LogP contribution in [0.25, 0.3) is 0 Å². The van der Waals surface area contributed by atoms with Gasteiger partial charge in [-0.25, -0.2) is 0 Å². The predicted molar refractivity (Wildman–Crippen MR) is 77.0 cm³/mol. The molecule has 0 aliphatic carbocycles. The quantitative estimate of drug-likeness (QED) is 0.908. The fourth-order valence-corrected chi connectivity index (χ4v) is 3.52. The zero-order valence-corrected chi connectivity index (χ0v) is 11.8. The molecule has 1 aromatic heterocycles. The van der Waals surface area contributed by atoms with Gasteiger partial charge in [0.15, 0.2) is 0 Å². The van der Waals surface area contributed by atoms with E-state index in [1.54, 1.807) is 0 Å². The minimum Gasteiger partial charge on any atom is -0.384 e. The van der Waals surface area contributed by atoms with Crippen LogP contribution < -0.4 is 5.32 Å². The summed E-state index contributed by atoms with van der Waals surface area (Å²) in [5, 5.41) is 12.6. The van der Waals surface area contributed by atoms with Crippen molar-refractivity contribution in [2.75, 3.05) is 23.4 Å². The topological polar surface area (TPSA) is 48.7 Å². The molecule has 2 heterocycles. The molecule has 1 aromatic rings. The SMILES string of the molecule is Cc1cc(NCC2CCSCC2)c(C#N)c(C)n1. The summed E-state index contributed by atoms with van der Waals surface area (Å²) in [6.07, 6.45) is 2.56. The second-order valence-electron chi connectivity index (χ2n) is 4.82. The molecule has 0 radical (unpaired) electrons. The Kier molecular flexibility index (Phi) is 4.48. The number of aromatic nitrogens is 1. The fraction of sp³-hybridized carbons (Fsp3) is 0.571. The third-order valence-corrected chi connectivity index (χ3v) is 4.41. The van der Waals surface area contributed by atoms with E-state index in [0.29, 0.717) is 5.56 Å². The number of nitrogens with zero attached hydrogens (tertiary/aromatic N) is 2. The van der Waals surface area contributed by atoms with Crippen molar-refractivity contribution in [3.8, 4) is 6.07 Å². The van der Waals surface area contributed by atoms with E-state index < -0.39 is 0 Å². The molecule has 1 saturated heterocycles. The van der Waals surface area contributed by atoms with Gasteiger partial charge in [0.25, 0.3) is 0 Å². The van der Waals surface area contributed by atoms with Crippen LogP contribution in [0.3, 0.4) is 0 Å². The zero-order chi connectivity index (χ0) is 13.0. The first-order valence-electron chi connectivity index (χ1n) is 6.40. The van der Waals surface area contributed by atoms with Gasteiger partial charge in [-0.2, -0.15) is 17.0 Å². The van der Waals surface area contributed by atoms with Crippen LogP contribution in [0.1, 0.15) is 29.8 Å². The standard InChI is InChI=1S/C14H19N3S/c1-10-7-14(13(8-15)11(2)17-10)16-9-12-3-5-18-6-4-12/h7,12H,3-6,9H2,1-2H3,(H,16,17). The van der Waals surface area contributed by atoms with Crippen LogP contribution in [-0.4, -0.2) is 23.0 Å². The number of nitrogens with one attached hydrogen (secondary N) is 1. The van der Waals surface area contributed by atoms with Gasteiger partial charge in [0.1, 0.15) is 6.07 Å². The van der Waals surface area contributed by atoms with E-state index in [-0.39, 0.29) is 0 Å². The molecular formula is C14H19N3S. The van der Waals surface area contributed by atoms with Crippen LogP contribution in [0.5, 0.6) is 0 Å². The third kappa shape index (κ3) is 3.17. The molecule has 1 N–H and O–H groups in total. The number of rotatable bonds is 3. The number of thioether (sulfide) groups is 1. The Morgan fingerprint density at radius 2 is 2.17 bits per heavy atom. The molecule has 96 valence electrons. The van der Waals surface area contributed by atoms with Crippen molar-refractivity contribution in [3.63, 3.8) is 0 Å². The van der Waals surface area contributed by atoms with Crippen LogP contribution in [0.4, 0.5) is 5.69 Å². The van der Waals surface area contributed by atoms with Crippen LogP contribution in [-0.2, 0) is 0 Å².